The number of imide groups is 1. The highest BCUT2D eigenvalue weighted by molar-refractivity contribution is 6.46. The third-order valence-corrected chi connectivity index (χ3v) is 5.16. The number of hydrogen-bond donors (Lipinski definition) is 0. The molecule has 2 amide bonds. The van der Waals surface area contributed by atoms with Crippen LogP contribution in [0.4, 0.5) is 15.8 Å². The molecule has 0 radical (unpaired) electrons. The van der Waals surface area contributed by atoms with Crippen molar-refractivity contribution in [3.05, 3.63) is 101 Å². The fraction of sp³-hybridized carbons (Fsp3) is 0.0833. The molecule has 1 aliphatic rings. The third-order valence-electron chi connectivity index (χ3n) is 4.91. The van der Waals surface area contributed by atoms with Gasteiger partial charge < -0.3 is 4.90 Å². The zero-order valence-corrected chi connectivity index (χ0v) is 16.9. The molecule has 4 nitrogen and oxygen atoms in total. The van der Waals surface area contributed by atoms with Crippen LogP contribution in [0.1, 0.15) is 12.5 Å². The maximum Gasteiger partial charge on any atom is 0.282 e. The van der Waals surface area contributed by atoms with E-state index in [0.717, 1.165) is 10.6 Å². The first-order valence-corrected chi connectivity index (χ1v) is 9.86. The minimum atomic E-state index is -0.523. The normalized spacial score (nSPS) is 13.9. The first-order chi connectivity index (χ1) is 14.5. The monoisotopic (exact) mass is 420 g/mol. The van der Waals surface area contributed by atoms with Crippen molar-refractivity contribution in [2.24, 2.45) is 0 Å². The van der Waals surface area contributed by atoms with Crippen LogP contribution in [-0.4, -0.2) is 18.4 Å². The van der Waals surface area contributed by atoms with Crippen molar-refractivity contribution in [2.75, 3.05) is 16.3 Å². The van der Waals surface area contributed by atoms with E-state index in [9.17, 15) is 14.0 Å². The first kappa shape index (κ1) is 19.9. The molecular formula is C24H18ClFN2O2. The summed E-state index contributed by atoms with van der Waals surface area (Å²) in [6, 6.07) is 21.6. The number of amides is 2. The Balaban J connectivity index is 1.91. The zero-order valence-electron chi connectivity index (χ0n) is 16.2. The highest BCUT2D eigenvalue weighted by atomic mass is 35.5. The summed E-state index contributed by atoms with van der Waals surface area (Å²) in [5.41, 5.74) is 2.05. The van der Waals surface area contributed by atoms with E-state index in [-0.39, 0.29) is 17.0 Å². The quantitative estimate of drug-likeness (QED) is 0.526. The second-order valence-corrected chi connectivity index (χ2v) is 7.17. The second kappa shape index (κ2) is 8.13. The number of rotatable bonds is 5. The molecule has 150 valence electrons. The predicted molar refractivity (Wildman–Crippen MR) is 117 cm³/mol. The average Bonchev–Trinajstić information content (AvgIpc) is 3.00. The molecule has 0 unspecified atom stereocenters. The minimum absolute atomic E-state index is 0.190. The van der Waals surface area contributed by atoms with E-state index in [2.05, 4.69) is 0 Å². The van der Waals surface area contributed by atoms with Crippen molar-refractivity contribution in [3.8, 4) is 0 Å². The summed E-state index contributed by atoms with van der Waals surface area (Å²) in [5.74, 6) is -1.52. The molecule has 0 N–H and O–H groups in total. The number of halogens is 2. The van der Waals surface area contributed by atoms with Gasteiger partial charge in [-0.1, -0.05) is 48.0 Å². The first-order valence-electron chi connectivity index (χ1n) is 9.48. The largest absolute Gasteiger partial charge is 0.337 e. The van der Waals surface area contributed by atoms with Crippen molar-refractivity contribution in [1.82, 2.24) is 0 Å². The average molecular weight is 421 g/mol. The summed E-state index contributed by atoms with van der Waals surface area (Å²) < 4.78 is 13.8. The van der Waals surface area contributed by atoms with Crippen LogP contribution >= 0.6 is 11.6 Å². The van der Waals surface area contributed by atoms with Crippen LogP contribution in [0.5, 0.6) is 0 Å². The lowest BCUT2D eigenvalue weighted by Crippen LogP contribution is -2.35. The fourth-order valence-electron chi connectivity index (χ4n) is 3.57. The molecule has 3 aromatic carbocycles. The molecule has 30 heavy (non-hydrogen) atoms. The molecule has 0 atom stereocenters. The van der Waals surface area contributed by atoms with Crippen molar-refractivity contribution in [1.29, 1.82) is 0 Å². The van der Waals surface area contributed by atoms with Gasteiger partial charge in [-0.15, -0.1) is 0 Å². The number of carbonyl (C=O) groups excluding carboxylic acids is 2. The van der Waals surface area contributed by atoms with Crippen LogP contribution in [-0.2, 0) is 9.59 Å². The molecule has 0 saturated heterocycles. The van der Waals surface area contributed by atoms with Crippen LogP contribution in [0.15, 0.2) is 84.6 Å². The molecule has 0 aliphatic carbocycles. The maximum atomic E-state index is 13.8. The fourth-order valence-corrected chi connectivity index (χ4v) is 3.70. The molecule has 0 saturated carbocycles. The number of benzene rings is 3. The van der Waals surface area contributed by atoms with Crippen molar-refractivity contribution >= 4 is 40.4 Å². The Labute approximate surface area is 178 Å². The van der Waals surface area contributed by atoms with Gasteiger partial charge in [-0.3, -0.25) is 9.59 Å². The van der Waals surface area contributed by atoms with Gasteiger partial charge in [0.2, 0.25) is 0 Å². The summed E-state index contributed by atoms with van der Waals surface area (Å²) in [6.45, 7) is 2.37. The molecule has 0 spiro atoms. The van der Waals surface area contributed by atoms with E-state index < -0.39 is 17.6 Å². The van der Waals surface area contributed by atoms with Crippen LogP contribution in [0, 0.1) is 5.82 Å². The maximum absolute atomic E-state index is 13.8. The SMILES string of the molecule is CCN(C1=C(c2ccc(Cl)cc2)C(=O)N(c2cccc(F)c2)C1=O)c1ccccc1. The summed E-state index contributed by atoms with van der Waals surface area (Å²) in [5, 5.41) is 0.523. The van der Waals surface area contributed by atoms with Crippen LogP contribution in [0.25, 0.3) is 5.57 Å². The van der Waals surface area contributed by atoms with E-state index in [4.69, 9.17) is 11.6 Å². The topological polar surface area (TPSA) is 40.6 Å². The van der Waals surface area contributed by atoms with Gasteiger partial charge in [0.05, 0.1) is 11.3 Å². The number of carbonyl (C=O) groups is 2. The van der Waals surface area contributed by atoms with E-state index in [0.29, 0.717) is 17.1 Å². The Morgan fingerprint density at radius 3 is 2.23 bits per heavy atom. The van der Waals surface area contributed by atoms with Crippen molar-refractivity contribution < 1.29 is 14.0 Å². The number of likely N-dealkylation sites (N-methyl/N-ethyl adjacent to an activating group) is 1. The van der Waals surface area contributed by atoms with E-state index in [1.165, 1.54) is 18.2 Å². The lowest BCUT2D eigenvalue weighted by Gasteiger charge is -2.25. The minimum Gasteiger partial charge on any atom is -0.337 e. The van der Waals surface area contributed by atoms with E-state index in [1.54, 1.807) is 35.2 Å². The lowest BCUT2D eigenvalue weighted by molar-refractivity contribution is -0.120. The Bertz CT molecular complexity index is 1140. The molecule has 0 aromatic heterocycles. The molecule has 1 aliphatic heterocycles. The van der Waals surface area contributed by atoms with Crippen LogP contribution < -0.4 is 9.80 Å². The van der Waals surface area contributed by atoms with Gasteiger partial charge in [-0.25, -0.2) is 9.29 Å². The summed E-state index contributed by atoms with van der Waals surface area (Å²) in [7, 11) is 0. The highest BCUT2D eigenvalue weighted by Crippen LogP contribution is 2.37. The number of hydrogen-bond acceptors (Lipinski definition) is 3. The molecular weight excluding hydrogens is 403 g/mol. The van der Waals surface area contributed by atoms with E-state index in [1.807, 2.05) is 37.3 Å². The van der Waals surface area contributed by atoms with Crippen LogP contribution in [0.2, 0.25) is 5.02 Å². The molecule has 0 bridgehead atoms. The zero-order chi connectivity index (χ0) is 21.3. The van der Waals surface area contributed by atoms with Crippen molar-refractivity contribution in [2.45, 2.75) is 6.92 Å². The smallest absolute Gasteiger partial charge is 0.282 e. The number of nitrogens with zero attached hydrogens (tertiary/aromatic N) is 2. The van der Waals surface area contributed by atoms with Gasteiger partial charge in [0.25, 0.3) is 11.8 Å². The molecule has 3 aromatic rings. The summed E-state index contributed by atoms with van der Waals surface area (Å²) >= 11 is 6.02. The van der Waals surface area contributed by atoms with Gasteiger partial charge in [-0.05, 0) is 55.0 Å². The predicted octanol–water partition coefficient (Wildman–Crippen LogP) is 5.29. The van der Waals surface area contributed by atoms with E-state index >= 15 is 0 Å². The standard InChI is InChI=1S/C24H18ClFN2O2/c1-2-27(19-8-4-3-5-9-19)22-21(16-11-13-17(25)14-12-16)23(29)28(24(22)30)20-10-6-7-18(26)15-20/h3-15H,2H2,1H3. The Hall–Kier alpha value is -3.44. The Kier molecular flexibility index (Phi) is 5.38. The third kappa shape index (κ3) is 3.48. The Morgan fingerprint density at radius 2 is 1.60 bits per heavy atom. The van der Waals surface area contributed by atoms with Gasteiger partial charge in [0, 0.05) is 17.3 Å². The summed E-state index contributed by atoms with van der Waals surface area (Å²) in [6.07, 6.45) is 0. The van der Waals surface area contributed by atoms with Gasteiger partial charge >= 0.3 is 0 Å². The number of anilines is 2. The van der Waals surface area contributed by atoms with Gasteiger partial charge in [-0.2, -0.15) is 0 Å². The van der Waals surface area contributed by atoms with Crippen LogP contribution in [0.3, 0.4) is 0 Å². The Morgan fingerprint density at radius 1 is 0.900 bits per heavy atom. The van der Waals surface area contributed by atoms with Gasteiger partial charge in [0.15, 0.2) is 0 Å². The summed E-state index contributed by atoms with van der Waals surface area (Å²) in [4.78, 5) is 29.8. The second-order valence-electron chi connectivity index (χ2n) is 6.74. The highest BCUT2D eigenvalue weighted by Gasteiger charge is 2.42. The number of para-hydroxylation sites is 1. The molecule has 4 rings (SSSR count). The molecule has 1 heterocycles. The lowest BCUT2D eigenvalue weighted by atomic mass is 10.0. The molecule has 0 fully saturated rings. The van der Waals surface area contributed by atoms with Crippen molar-refractivity contribution in [3.63, 3.8) is 0 Å². The molecule has 6 heteroatoms. The van der Waals surface area contributed by atoms with Gasteiger partial charge in [0.1, 0.15) is 11.5 Å².